The second-order valence-corrected chi connectivity index (χ2v) is 10.8. The maximum Gasteiger partial charge on any atom is 0.244 e. The van der Waals surface area contributed by atoms with Crippen molar-refractivity contribution in [3.8, 4) is 5.75 Å². The summed E-state index contributed by atoms with van der Waals surface area (Å²) in [6.07, 6.45) is 1.29. The van der Waals surface area contributed by atoms with Gasteiger partial charge in [-0.1, -0.05) is 47.8 Å². The first-order valence-electron chi connectivity index (χ1n) is 10.7. The van der Waals surface area contributed by atoms with E-state index < -0.39 is 28.5 Å². The lowest BCUT2D eigenvalue weighted by Crippen LogP contribution is -2.52. The number of likely N-dealkylation sites (N-methyl/N-ethyl adjacent to an activating group) is 1. The Balaban J connectivity index is 2.49. The number of carbonyl (C=O) groups is 2. The van der Waals surface area contributed by atoms with Gasteiger partial charge in [0.25, 0.3) is 0 Å². The van der Waals surface area contributed by atoms with Gasteiger partial charge in [0.1, 0.15) is 18.3 Å². The van der Waals surface area contributed by atoms with E-state index in [2.05, 4.69) is 5.32 Å². The smallest absolute Gasteiger partial charge is 0.244 e. The molecule has 0 aliphatic carbocycles. The minimum Gasteiger partial charge on any atom is -0.495 e. The molecule has 0 unspecified atom stereocenters. The number of ether oxygens (including phenoxy) is 1. The van der Waals surface area contributed by atoms with Crippen LogP contribution in [0.5, 0.6) is 5.75 Å². The van der Waals surface area contributed by atoms with Crippen LogP contribution in [-0.2, 0) is 26.2 Å². The van der Waals surface area contributed by atoms with Crippen molar-refractivity contribution in [3.63, 3.8) is 0 Å². The van der Waals surface area contributed by atoms with E-state index in [1.165, 1.54) is 36.3 Å². The molecule has 0 fully saturated rings. The molecule has 0 spiro atoms. The van der Waals surface area contributed by atoms with Crippen molar-refractivity contribution in [3.05, 3.63) is 57.0 Å². The van der Waals surface area contributed by atoms with Gasteiger partial charge in [0.05, 0.1) is 24.1 Å². The lowest BCUT2D eigenvalue weighted by molar-refractivity contribution is -0.140. The Bertz CT molecular complexity index is 1180. The number of carbonyl (C=O) groups excluding carboxylic acids is 2. The number of nitrogens with zero attached hydrogens (tertiary/aromatic N) is 2. The zero-order valence-corrected chi connectivity index (χ0v) is 22.9. The first-order valence-corrected chi connectivity index (χ1v) is 13.7. The lowest BCUT2D eigenvalue weighted by Gasteiger charge is -2.33. The van der Waals surface area contributed by atoms with Crippen molar-refractivity contribution in [1.29, 1.82) is 0 Å². The van der Waals surface area contributed by atoms with Gasteiger partial charge in [0.15, 0.2) is 0 Å². The Kier molecular flexibility index (Phi) is 10.5. The van der Waals surface area contributed by atoms with Crippen LogP contribution in [0.15, 0.2) is 36.4 Å². The summed E-state index contributed by atoms with van der Waals surface area (Å²) < 4.78 is 31.4. The first kappa shape index (κ1) is 29.0. The number of halogens is 3. The van der Waals surface area contributed by atoms with Crippen molar-refractivity contribution in [2.45, 2.75) is 32.9 Å². The van der Waals surface area contributed by atoms with Crippen molar-refractivity contribution >= 4 is 62.3 Å². The topological polar surface area (TPSA) is 96.0 Å². The molecule has 1 atom stereocenters. The van der Waals surface area contributed by atoms with Crippen molar-refractivity contribution in [2.24, 2.45) is 0 Å². The van der Waals surface area contributed by atoms with Crippen LogP contribution in [0, 0.1) is 0 Å². The molecule has 192 valence electrons. The quantitative estimate of drug-likeness (QED) is 0.437. The minimum absolute atomic E-state index is 0.0224. The first-order chi connectivity index (χ1) is 16.4. The van der Waals surface area contributed by atoms with Crippen LogP contribution in [0.25, 0.3) is 0 Å². The molecule has 0 radical (unpaired) electrons. The van der Waals surface area contributed by atoms with Gasteiger partial charge in [0.2, 0.25) is 21.8 Å². The lowest BCUT2D eigenvalue weighted by atomic mass is 10.1. The summed E-state index contributed by atoms with van der Waals surface area (Å²) in [4.78, 5) is 27.7. The SMILES string of the molecule is CCNC(=O)[C@@H](CC)N(Cc1ccc(Cl)cc1Cl)C(=O)CN(c1ccc(OC)c(Cl)c1)S(C)(=O)=O. The van der Waals surface area contributed by atoms with Crippen LogP contribution in [0.1, 0.15) is 25.8 Å². The van der Waals surface area contributed by atoms with E-state index in [0.29, 0.717) is 34.3 Å². The normalized spacial score (nSPS) is 12.1. The maximum atomic E-state index is 13.6. The molecular weight excluding hydrogens is 537 g/mol. The summed E-state index contributed by atoms with van der Waals surface area (Å²) >= 11 is 18.5. The summed E-state index contributed by atoms with van der Waals surface area (Å²) in [7, 11) is -2.45. The number of rotatable bonds is 11. The average molecular weight is 565 g/mol. The number of amides is 2. The Hall–Kier alpha value is -2.20. The number of nitrogens with one attached hydrogen (secondary N) is 1. The zero-order valence-electron chi connectivity index (χ0n) is 19.8. The third-order valence-electron chi connectivity index (χ3n) is 5.20. The fraction of sp³-hybridized carbons (Fsp3) is 0.391. The van der Waals surface area contributed by atoms with Crippen LogP contribution in [-0.4, -0.2) is 57.6 Å². The highest BCUT2D eigenvalue weighted by Gasteiger charge is 2.32. The molecule has 0 heterocycles. The number of benzene rings is 2. The molecule has 8 nitrogen and oxygen atoms in total. The summed E-state index contributed by atoms with van der Waals surface area (Å²) in [5.74, 6) is -0.588. The standard InChI is InChI=1S/C23H28Cl3N3O5S/c1-5-20(23(31)27-6-2)28(13-15-7-8-16(24)11-18(15)25)22(30)14-29(35(4,32)33)17-9-10-21(34-3)19(26)12-17/h7-12,20H,5-6,13-14H2,1-4H3,(H,27,31)/t20-/m1/s1. The van der Waals surface area contributed by atoms with Gasteiger partial charge in [-0.3, -0.25) is 13.9 Å². The molecule has 0 saturated carbocycles. The molecule has 2 aromatic rings. The average Bonchev–Trinajstić information content (AvgIpc) is 2.78. The molecule has 1 N–H and O–H groups in total. The third kappa shape index (κ3) is 7.64. The Morgan fingerprint density at radius 1 is 1.06 bits per heavy atom. The summed E-state index contributed by atoms with van der Waals surface area (Å²) in [6, 6.07) is 8.37. The number of methoxy groups -OCH3 is 1. The van der Waals surface area contributed by atoms with Crippen LogP contribution in [0.4, 0.5) is 5.69 Å². The molecule has 0 aliphatic rings. The van der Waals surface area contributed by atoms with E-state index in [-0.39, 0.29) is 23.2 Å². The molecule has 2 rings (SSSR count). The Labute approximate surface area is 221 Å². The summed E-state index contributed by atoms with van der Waals surface area (Å²) in [5.41, 5.74) is 0.743. The largest absolute Gasteiger partial charge is 0.495 e. The van der Waals surface area contributed by atoms with E-state index in [9.17, 15) is 18.0 Å². The molecule has 0 saturated heterocycles. The fourth-order valence-electron chi connectivity index (χ4n) is 3.47. The monoisotopic (exact) mass is 563 g/mol. The predicted octanol–water partition coefficient (Wildman–Crippen LogP) is 4.36. The molecule has 12 heteroatoms. The molecule has 2 amide bonds. The second kappa shape index (κ2) is 12.7. The molecule has 2 aromatic carbocycles. The minimum atomic E-state index is -3.89. The van der Waals surface area contributed by atoms with Crippen LogP contribution in [0.3, 0.4) is 0 Å². The highest BCUT2D eigenvalue weighted by atomic mass is 35.5. The Morgan fingerprint density at radius 3 is 2.26 bits per heavy atom. The number of hydrogen-bond acceptors (Lipinski definition) is 5. The van der Waals surface area contributed by atoms with Gasteiger partial charge in [0, 0.05) is 23.1 Å². The molecular formula is C23H28Cl3N3O5S. The number of anilines is 1. The number of sulfonamides is 1. The van der Waals surface area contributed by atoms with Gasteiger partial charge < -0.3 is 15.0 Å². The van der Waals surface area contributed by atoms with E-state index in [1.807, 2.05) is 0 Å². The second-order valence-electron chi connectivity index (χ2n) is 7.66. The summed E-state index contributed by atoms with van der Waals surface area (Å²) in [6.45, 7) is 3.33. The maximum absolute atomic E-state index is 13.6. The number of hydrogen-bond donors (Lipinski definition) is 1. The van der Waals surface area contributed by atoms with E-state index in [0.717, 1.165) is 10.6 Å². The van der Waals surface area contributed by atoms with Crippen LogP contribution < -0.4 is 14.4 Å². The molecule has 0 bridgehead atoms. The van der Waals surface area contributed by atoms with Gasteiger partial charge in [-0.25, -0.2) is 8.42 Å². The third-order valence-corrected chi connectivity index (χ3v) is 7.22. The van der Waals surface area contributed by atoms with Crippen molar-refractivity contribution in [2.75, 3.05) is 30.8 Å². The van der Waals surface area contributed by atoms with E-state index in [1.54, 1.807) is 26.0 Å². The fourth-order valence-corrected chi connectivity index (χ4v) is 5.03. The van der Waals surface area contributed by atoms with Crippen molar-refractivity contribution in [1.82, 2.24) is 10.2 Å². The van der Waals surface area contributed by atoms with Crippen molar-refractivity contribution < 1.29 is 22.7 Å². The van der Waals surface area contributed by atoms with Crippen LogP contribution >= 0.6 is 34.8 Å². The molecule has 0 aliphatic heterocycles. The molecule has 0 aromatic heterocycles. The Morgan fingerprint density at radius 2 is 1.74 bits per heavy atom. The highest BCUT2D eigenvalue weighted by molar-refractivity contribution is 7.92. The highest BCUT2D eigenvalue weighted by Crippen LogP contribution is 2.30. The van der Waals surface area contributed by atoms with Gasteiger partial charge in [-0.05, 0) is 49.2 Å². The van der Waals surface area contributed by atoms with Gasteiger partial charge in [-0.2, -0.15) is 0 Å². The van der Waals surface area contributed by atoms with Crippen LogP contribution in [0.2, 0.25) is 15.1 Å². The van der Waals surface area contributed by atoms with E-state index in [4.69, 9.17) is 39.5 Å². The van der Waals surface area contributed by atoms with Gasteiger partial charge >= 0.3 is 0 Å². The zero-order chi connectivity index (χ0) is 26.3. The van der Waals surface area contributed by atoms with E-state index >= 15 is 0 Å². The predicted molar refractivity (Wildman–Crippen MR) is 140 cm³/mol. The van der Waals surface area contributed by atoms with Gasteiger partial charge in [-0.15, -0.1) is 0 Å². The summed E-state index contributed by atoms with van der Waals surface area (Å²) in [5, 5.41) is 3.66. The molecule has 35 heavy (non-hydrogen) atoms.